The molecule has 0 saturated carbocycles. The number of hydrogen-bond acceptors (Lipinski definition) is 3. The highest BCUT2D eigenvalue weighted by molar-refractivity contribution is 5.84. The maximum absolute atomic E-state index is 6.16. The van der Waals surface area contributed by atoms with Crippen molar-refractivity contribution in [2.24, 2.45) is 5.73 Å². The molecule has 152 valence electrons. The van der Waals surface area contributed by atoms with E-state index in [4.69, 9.17) is 10.5 Å². The Hall–Kier alpha value is -3.14. The minimum Gasteiger partial charge on any atom is -0.489 e. The first kappa shape index (κ1) is 20.1. The lowest BCUT2D eigenvalue weighted by atomic mass is 9.97. The molecule has 0 spiro atoms. The molecule has 4 aromatic rings. The predicted molar refractivity (Wildman–Crippen MR) is 126 cm³/mol. The van der Waals surface area contributed by atoms with E-state index in [0.717, 1.165) is 18.8 Å². The molecule has 0 heterocycles. The molecule has 0 amide bonds. The highest BCUT2D eigenvalue weighted by atomic mass is 16.5. The lowest BCUT2D eigenvalue weighted by molar-refractivity contribution is 0.306. The number of rotatable bonds is 8. The van der Waals surface area contributed by atoms with Gasteiger partial charge in [-0.3, -0.25) is 0 Å². The number of fused-ring (bicyclic) bond motifs is 1. The van der Waals surface area contributed by atoms with Crippen LogP contribution >= 0.6 is 0 Å². The van der Waals surface area contributed by atoms with Gasteiger partial charge in [-0.15, -0.1) is 0 Å². The Balaban J connectivity index is 1.48. The van der Waals surface area contributed by atoms with E-state index >= 15 is 0 Å². The van der Waals surface area contributed by atoms with Crippen LogP contribution in [-0.4, -0.2) is 13.1 Å². The van der Waals surface area contributed by atoms with Crippen molar-refractivity contribution in [3.8, 4) is 16.9 Å². The first-order valence-corrected chi connectivity index (χ1v) is 10.4. The van der Waals surface area contributed by atoms with Crippen molar-refractivity contribution in [3.05, 3.63) is 102 Å². The van der Waals surface area contributed by atoms with E-state index in [1.54, 1.807) is 0 Å². The molecule has 30 heavy (non-hydrogen) atoms. The zero-order chi connectivity index (χ0) is 20.8. The second kappa shape index (κ2) is 9.57. The van der Waals surface area contributed by atoms with Gasteiger partial charge in [0.2, 0.25) is 0 Å². The lowest BCUT2D eigenvalue weighted by Gasteiger charge is -2.13. The fourth-order valence-corrected chi connectivity index (χ4v) is 3.74. The van der Waals surface area contributed by atoms with Gasteiger partial charge < -0.3 is 15.8 Å². The van der Waals surface area contributed by atoms with Gasteiger partial charge >= 0.3 is 0 Å². The molecule has 0 radical (unpaired) electrons. The molecule has 0 aliphatic rings. The van der Waals surface area contributed by atoms with Crippen LogP contribution in [0.1, 0.15) is 16.7 Å². The number of nitrogens with two attached hydrogens (primary N) is 1. The molecule has 0 fully saturated rings. The molecule has 4 rings (SSSR count). The monoisotopic (exact) mass is 396 g/mol. The van der Waals surface area contributed by atoms with Crippen LogP contribution in [0.5, 0.6) is 5.75 Å². The molecular formula is C27H28N2O. The van der Waals surface area contributed by atoms with Crippen molar-refractivity contribution in [2.75, 3.05) is 13.1 Å². The van der Waals surface area contributed by atoms with Crippen LogP contribution < -0.4 is 15.8 Å². The van der Waals surface area contributed by atoms with E-state index in [1.165, 1.54) is 38.6 Å². The quantitative estimate of drug-likeness (QED) is 0.390. The van der Waals surface area contributed by atoms with E-state index in [-0.39, 0.29) is 0 Å². The molecule has 3 heteroatoms. The standard InChI is InChI=1S/C27H28N2O/c1-20-25(8-5-9-27(20)22-6-3-2-4-7-22)19-30-26-13-12-23-16-21(18-29-15-14-28)10-11-24(23)17-26/h2-13,16-17,29H,14-15,18-19,28H2,1H3. The summed E-state index contributed by atoms with van der Waals surface area (Å²) in [5, 5.41) is 5.74. The Labute approximate surface area is 178 Å². The largest absolute Gasteiger partial charge is 0.489 e. The number of nitrogens with one attached hydrogen (secondary N) is 1. The topological polar surface area (TPSA) is 47.3 Å². The van der Waals surface area contributed by atoms with Crippen LogP contribution in [0.3, 0.4) is 0 Å². The van der Waals surface area contributed by atoms with Crippen molar-refractivity contribution >= 4 is 10.8 Å². The van der Waals surface area contributed by atoms with E-state index in [0.29, 0.717) is 13.2 Å². The summed E-state index contributed by atoms with van der Waals surface area (Å²) in [5.74, 6) is 0.890. The van der Waals surface area contributed by atoms with Crippen LogP contribution in [0.2, 0.25) is 0 Å². The second-order valence-corrected chi connectivity index (χ2v) is 7.55. The van der Waals surface area contributed by atoms with Gasteiger partial charge in [-0.1, -0.05) is 66.7 Å². The Morgan fingerprint density at radius 2 is 1.63 bits per heavy atom. The molecule has 3 nitrogen and oxygen atoms in total. The molecule has 0 aliphatic carbocycles. The normalized spacial score (nSPS) is 11.0. The average Bonchev–Trinajstić information content (AvgIpc) is 2.79. The van der Waals surface area contributed by atoms with Gasteiger partial charge in [-0.2, -0.15) is 0 Å². The van der Waals surface area contributed by atoms with Crippen LogP contribution in [0.15, 0.2) is 84.9 Å². The molecule has 0 atom stereocenters. The Morgan fingerprint density at radius 3 is 2.47 bits per heavy atom. The van der Waals surface area contributed by atoms with Crippen LogP contribution in [0.4, 0.5) is 0 Å². The summed E-state index contributed by atoms with van der Waals surface area (Å²) in [6, 6.07) is 29.7. The molecule has 0 saturated heterocycles. The zero-order valence-electron chi connectivity index (χ0n) is 17.4. The fourth-order valence-electron chi connectivity index (χ4n) is 3.74. The summed E-state index contributed by atoms with van der Waals surface area (Å²) in [6.07, 6.45) is 0. The van der Waals surface area contributed by atoms with Gasteiger partial charge in [0.1, 0.15) is 12.4 Å². The van der Waals surface area contributed by atoms with Crippen molar-refractivity contribution < 1.29 is 4.74 Å². The predicted octanol–water partition coefficient (Wildman–Crippen LogP) is 5.44. The third kappa shape index (κ3) is 4.70. The molecular weight excluding hydrogens is 368 g/mol. The third-order valence-corrected chi connectivity index (χ3v) is 5.45. The van der Waals surface area contributed by atoms with Gasteiger partial charge in [-0.05, 0) is 63.7 Å². The van der Waals surface area contributed by atoms with Gasteiger partial charge in [0.05, 0.1) is 0 Å². The average molecular weight is 397 g/mol. The molecule has 0 unspecified atom stereocenters. The molecule has 0 aliphatic heterocycles. The minimum atomic E-state index is 0.555. The Bertz CT molecular complexity index is 1120. The lowest BCUT2D eigenvalue weighted by Crippen LogP contribution is -2.21. The zero-order valence-corrected chi connectivity index (χ0v) is 17.4. The van der Waals surface area contributed by atoms with Crippen molar-refractivity contribution in [1.29, 1.82) is 0 Å². The Kier molecular flexibility index (Phi) is 6.43. The second-order valence-electron chi connectivity index (χ2n) is 7.55. The van der Waals surface area contributed by atoms with Gasteiger partial charge in [0, 0.05) is 19.6 Å². The van der Waals surface area contributed by atoms with Gasteiger partial charge in [-0.25, -0.2) is 0 Å². The first-order chi connectivity index (χ1) is 14.7. The summed E-state index contributed by atoms with van der Waals surface area (Å²) >= 11 is 0. The van der Waals surface area contributed by atoms with Crippen molar-refractivity contribution in [2.45, 2.75) is 20.1 Å². The smallest absolute Gasteiger partial charge is 0.120 e. The first-order valence-electron chi connectivity index (χ1n) is 10.4. The molecule has 4 aromatic carbocycles. The summed E-state index contributed by atoms with van der Waals surface area (Å²) in [7, 11) is 0. The van der Waals surface area contributed by atoms with Crippen LogP contribution in [-0.2, 0) is 13.2 Å². The molecule has 0 bridgehead atoms. The SMILES string of the molecule is Cc1c(COc2ccc3cc(CNCCN)ccc3c2)cccc1-c1ccccc1. The third-order valence-electron chi connectivity index (χ3n) is 5.45. The number of hydrogen-bond donors (Lipinski definition) is 2. The summed E-state index contributed by atoms with van der Waals surface area (Å²) < 4.78 is 6.16. The van der Waals surface area contributed by atoms with E-state index in [9.17, 15) is 0 Å². The maximum Gasteiger partial charge on any atom is 0.120 e. The minimum absolute atomic E-state index is 0.555. The summed E-state index contributed by atoms with van der Waals surface area (Å²) in [6.45, 7) is 5.04. The van der Waals surface area contributed by atoms with Gasteiger partial charge in [0.15, 0.2) is 0 Å². The highest BCUT2D eigenvalue weighted by Gasteiger charge is 2.07. The highest BCUT2D eigenvalue weighted by Crippen LogP contribution is 2.27. The van der Waals surface area contributed by atoms with Crippen molar-refractivity contribution in [3.63, 3.8) is 0 Å². The van der Waals surface area contributed by atoms with E-state index < -0.39 is 0 Å². The summed E-state index contributed by atoms with van der Waals surface area (Å²) in [5.41, 5.74) is 11.8. The van der Waals surface area contributed by atoms with Gasteiger partial charge in [0.25, 0.3) is 0 Å². The fraction of sp³-hybridized carbons (Fsp3) is 0.185. The van der Waals surface area contributed by atoms with Crippen LogP contribution in [0.25, 0.3) is 21.9 Å². The van der Waals surface area contributed by atoms with Crippen molar-refractivity contribution in [1.82, 2.24) is 5.32 Å². The Morgan fingerprint density at radius 1 is 0.833 bits per heavy atom. The van der Waals surface area contributed by atoms with E-state index in [1.807, 2.05) is 6.07 Å². The molecule has 0 aromatic heterocycles. The number of ether oxygens (including phenoxy) is 1. The van der Waals surface area contributed by atoms with Crippen LogP contribution in [0, 0.1) is 6.92 Å². The summed E-state index contributed by atoms with van der Waals surface area (Å²) in [4.78, 5) is 0. The maximum atomic E-state index is 6.16. The number of benzene rings is 4. The van der Waals surface area contributed by atoms with E-state index in [2.05, 4.69) is 91.1 Å². The molecule has 3 N–H and O–H groups in total.